The van der Waals surface area contributed by atoms with E-state index in [0.717, 1.165) is 25.0 Å². The van der Waals surface area contributed by atoms with Gasteiger partial charge in [0, 0.05) is 12.1 Å². The molecule has 0 spiro atoms. The summed E-state index contributed by atoms with van der Waals surface area (Å²) in [5.74, 6) is 0. The van der Waals surface area contributed by atoms with E-state index in [4.69, 9.17) is 5.73 Å². The van der Waals surface area contributed by atoms with Gasteiger partial charge in [0.15, 0.2) is 0 Å². The Morgan fingerprint density at radius 1 is 1.20 bits per heavy atom. The quantitative estimate of drug-likeness (QED) is 0.811. The highest BCUT2D eigenvalue weighted by molar-refractivity contribution is 5.66. The van der Waals surface area contributed by atoms with E-state index in [1.807, 2.05) is 0 Å². The summed E-state index contributed by atoms with van der Waals surface area (Å²) in [5.41, 5.74) is 8.83. The van der Waals surface area contributed by atoms with Crippen molar-refractivity contribution in [2.24, 2.45) is 0 Å². The topological polar surface area (TPSA) is 41.3 Å². The zero-order valence-corrected chi connectivity index (χ0v) is 11.7. The van der Waals surface area contributed by atoms with Crippen LogP contribution in [0.4, 0.5) is 24.5 Å². The summed E-state index contributed by atoms with van der Waals surface area (Å²) in [7, 11) is 0. The van der Waals surface area contributed by atoms with Gasteiger partial charge in [-0.05, 0) is 44.9 Å². The summed E-state index contributed by atoms with van der Waals surface area (Å²) in [6, 6.07) is 4.09. The summed E-state index contributed by atoms with van der Waals surface area (Å²) >= 11 is 0. The Kier molecular flexibility index (Phi) is 4.13. The molecule has 1 aliphatic rings. The molecule has 20 heavy (non-hydrogen) atoms. The first kappa shape index (κ1) is 15.0. The first-order valence-electron chi connectivity index (χ1n) is 6.80. The molecule has 0 bridgehead atoms. The van der Waals surface area contributed by atoms with Gasteiger partial charge in [0.2, 0.25) is 0 Å². The Morgan fingerprint density at radius 3 is 2.30 bits per heavy atom. The number of nitrogens with zero attached hydrogens (tertiary/aromatic N) is 1. The Balaban J connectivity index is 2.17. The molecule has 1 heterocycles. The second kappa shape index (κ2) is 5.52. The van der Waals surface area contributed by atoms with Gasteiger partial charge in [0.25, 0.3) is 0 Å². The first-order valence-corrected chi connectivity index (χ1v) is 6.80. The number of piperidine rings is 1. The number of benzene rings is 1. The number of halogens is 3. The van der Waals surface area contributed by atoms with E-state index in [1.165, 1.54) is 12.5 Å². The average Bonchev–Trinajstić information content (AvgIpc) is 2.34. The summed E-state index contributed by atoms with van der Waals surface area (Å²) in [4.78, 5) is 0. The van der Waals surface area contributed by atoms with Crippen molar-refractivity contribution in [1.82, 2.24) is 5.01 Å². The predicted octanol–water partition coefficient (Wildman–Crippen LogP) is 3.88. The van der Waals surface area contributed by atoms with Crippen LogP contribution in [0.1, 0.15) is 38.7 Å². The molecule has 2 atom stereocenters. The van der Waals surface area contributed by atoms with Gasteiger partial charge in [0.05, 0.1) is 16.9 Å². The number of hydrogen-bond acceptors (Lipinski definition) is 3. The van der Waals surface area contributed by atoms with Crippen LogP contribution in [0, 0.1) is 0 Å². The molecule has 0 aliphatic carbocycles. The fraction of sp³-hybridized carbons (Fsp3) is 0.571. The third-order valence-electron chi connectivity index (χ3n) is 3.82. The maximum atomic E-state index is 12.6. The second-order valence-electron chi connectivity index (χ2n) is 5.45. The molecule has 0 aromatic heterocycles. The number of rotatable bonds is 2. The van der Waals surface area contributed by atoms with Crippen molar-refractivity contribution >= 4 is 11.4 Å². The minimum atomic E-state index is -4.36. The van der Waals surface area contributed by atoms with Crippen LogP contribution in [0.15, 0.2) is 18.2 Å². The van der Waals surface area contributed by atoms with Crippen LogP contribution in [-0.2, 0) is 6.18 Å². The average molecular weight is 287 g/mol. The Labute approximate surface area is 116 Å². The zero-order chi connectivity index (χ0) is 14.9. The van der Waals surface area contributed by atoms with E-state index in [2.05, 4.69) is 24.3 Å². The molecule has 6 heteroatoms. The summed E-state index contributed by atoms with van der Waals surface area (Å²) in [6.07, 6.45) is -1.06. The number of hydrazine groups is 1. The monoisotopic (exact) mass is 287 g/mol. The van der Waals surface area contributed by atoms with Crippen LogP contribution in [-0.4, -0.2) is 17.1 Å². The van der Waals surface area contributed by atoms with Gasteiger partial charge in [-0.3, -0.25) is 0 Å². The molecule has 0 radical (unpaired) electrons. The maximum Gasteiger partial charge on any atom is 0.416 e. The molecule has 1 aromatic carbocycles. The molecular weight excluding hydrogens is 267 g/mol. The van der Waals surface area contributed by atoms with Crippen LogP contribution in [0.3, 0.4) is 0 Å². The lowest BCUT2D eigenvalue weighted by Gasteiger charge is -2.39. The molecule has 3 nitrogen and oxygen atoms in total. The van der Waals surface area contributed by atoms with Crippen molar-refractivity contribution in [3.05, 3.63) is 23.8 Å². The predicted molar refractivity (Wildman–Crippen MR) is 74.1 cm³/mol. The highest BCUT2D eigenvalue weighted by Gasteiger charge is 2.31. The van der Waals surface area contributed by atoms with Crippen molar-refractivity contribution in [2.75, 3.05) is 11.2 Å². The van der Waals surface area contributed by atoms with E-state index in [9.17, 15) is 13.2 Å². The summed E-state index contributed by atoms with van der Waals surface area (Å²) in [6.45, 7) is 4.20. The van der Waals surface area contributed by atoms with E-state index in [0.29, 0.717) is 17.8 Å². The molecule has 0 amide bonds. The molecule has 0 saturated carbocycles. The third-order valence-corrected chi connectivity index (χ3v) is 3.82. The summed E-state index contributed by atoms with van der Waals surface area (Å²) < 4.78 is 37.8. The van der Waals surface area contributed by atoms with Crippen LogP contribution >= 0.6 is 0 Å². The lowest BCUT2D eigenvalue weighted by molar-refractivity contribution is -0.137. The largest absolute Gasteiger partial charge is 0.416 e. The fourth-order valence-corrected chi connectivity index (χ4v) is 2.62. The van der Waals surface area contributed by atoms with Crippen LogP contribution in [0.5, 0.6) is 0 Å². The Morgan fingerprint density at radius 2 is 1.80 bits per heavy atom. The van der Waals surface area contributed by atoms with E-state index in [-0.39, 0.29) is 5.69 Å². The second-order valence-corrected chi connectivity index (χ2v) is 5.45. The molecule has 2 unspecified atom stereocenters. The molecule has 1 fully saturated rings. The van der Waals surface area contributed by atoms with Gasteiger partial charge in [0.1, 0.15) is 0 Å². The van der Waals surface area contributed by atoms with E-state index >= 15 is 0 Å². The number of anilines is 2. The lowest BCUT2D eigenvalue weighted by Crippen LogP contribution is -2.47. The maximum absolute atomic E-state index is 12.6. The highest BCUT2D eigenvalue weighted by Crippen LogP contribution is 2.33. The molecule has 1 saturated heterocycles. The number of alkyl halides is 3. The van der Waals surface area contributed by atoms with Gasteiger partial charge < -0.3 is 11.2 Å². The minimum Gasteiger partial charge on any atom is -0.397 e. The molecular formula is C14H20F3N3. The van der Waals surface area contributed by atoms with Crippen molar-refractivity contribution in [3.63, 3.8) is 0 Å². The van der Waals surface area contributed by atoms with E-state index < -0.39 is 11.7 Å². The number of nitrogens with two attached hydrogens (primary N) is 1. The Bertz CT molecular complexity index is 463. The fourth-order valence-electron chi connectivity index (χ4n) is 2.62. The van der Waals surface area contributed by atoms with Crippen molar-refractivity contribution < 1.29 is 13.2 Å². The normalized spacial score (nSPS) is 24.6. The molecule has 1 aromatic rings. The smallest absolute Gasteiger partial charge is 0.397 e. The number of hydrogen-bond donors (Lipinski definition) is 2. The van der Waals surface area contributed by atoms with Gasteiger partial charge >= 0.3 is 6.18 Å². The van der Waals surface area contributed by atoms with E-state index in [1.54, 1.807) is 0 Å². The number of nitrogens with one attached hydrogen (secondary N) is 1. The standard InChI is InChI=1S/C14H20F3N3/c1-9-4-3-5-10(2)20(9)19-13-7-6-11(8-12(13)18)14(15,16)17/h6-10,19H,3-5,18H2,1-2H3. The van der Waals surface area contributed by atoms with Crippen LogP contribution < -0.4 is 11.2 Å². The zero-order valence-electron chi connectivity index (χ0n) is 11.7. The molecule has 112 valence electrons. The first-order chi connectivity index (χ1) is 9.29. The van der Waals surface area contributed by atoms with Gasteiger partial charge in [-0.2, -0.15) is 13.2 Å². The van der Waals surface area contributed by atoms with Gasteiger partial charge in [-0.15, -0.1) is 0 Å². The Hall–Kier alpha value is -1.43. The van der Waals surface area contributed by atoms with Gasteiger partial charge in [-0.1, -0.05) is 6.42 Å². The van der Waals surface area contributed by atoms with Crippen molar-refractivity contribution in [1.29, 1.82) is 0 Å². The van der Waals surface area contributed by atoms with Crippen molar-refractivity contribution in [3.8, 4) is 0 Å². The lowest BCUT2D eigenvalue weighted by atomic mass is 10.00. The number of nitrogen functional groups attached to an aromatic ring is 1. The molecule has 2 rings (SSSR count). The summed E-state index contributed by atoms with van der Waals surface area (Å²) in [5, 5.41) is 2.07. The third kappa shape index (κ3) is 3.17. The highest BCUT2D eigenvalue weighted by atomic mass is 19.4. The SMILES string of the molecule is CC1CCCC(C)N1Nc1ccc(C(F)(F)F)cc1N. The molecule has 3 N–H and O–H groups in total. The molecule has 1 aliphatic heterocycles. The minimum absolute atomic E-state index is 0.116. The van der Waals surface area contributed by atoms with Crippen LogP contribution in [0.2, 0.25) is 0 Å². The van der Waals surface area contributed by atoms with Crippen molar-refractivity contribution in [2.45, 2.75) is 51.4 Å². The van der Waals surface area contributed by atoms with Gasteiger partial charge in [-0.25, -0.2) is 5.01 Å². The van der Waals surface area contributed by atoms with Crippen LogP contribution in [0.25, 0.3) is 0 Å².